The Labute approximate surface area is 180 Å². The molecule has 2 aromatic carbocycles. The van der Waals surface area contributed by atoms with E-state index in [9.17, 15) is 18.0 Å². The first kappa shape index (κ1) is 22.3. The van der Waals surface area contributed by atoms with Crippen LogP contribution in [0.15, 0.2) is 53.4 Å². The van der Waals surface area contributed by atoms with Crippen LogP contribution in [0.25, 0.3) is 0 Å². The lowest BCUT2D eigenvalue weighted by Crippen LogP contribution is -2.48. The van der Waals surface area contributed by atoms with Crippen LogP contribution in [0.1, 0.15) is 30.4 Å². The van der Waals surface area contributed by atoms with E-state index in [2.05, 4.69) is 5.32 Å². The summed E-state index contributed by atoms with van der Waals surface area (Å²) in [5, 5.41) is 12.1. The second-order valence-corrected chi connectivity index (χ2v) is 9.52. The predicted octanol–water partition coefficient (Wildman–Crippen LogP) is 2.83. The number of amides is 1. The van der Waals surface area contributed by atoms with Crippen molar-refractivity contribution >= 4 is 33.5 Å². The molecule has 0 spiro atoms. The number of nitrogens with zero attached hydrogens (tertiary/aromatic N) is 1. The minimum atomic E-state index is -3.97. The van der Waals surface area contributed by atoms with Gasteiger partial charge < -0.3 is 10.4 Å². The second kappa shape index (κ2) is 9.59. The van der Waals surface area contributed by atoms with E-state index in [1.165, 1.54) is 28.6 Å². The molecule has 9 heteroatoms. The van der Waals surface area contributed by atoms with Gasteiger partial charge in [-0.15, -0.1) is 0 Å². The van der Waals surface area contributed by atoms with Gasteiger partial charge in [-0.3, -0.25) is 9.59 Å². The minimum Gasteiger partial charge on any atom is -0.481 e. The fraction of sp³-hybridized carbons (Fsp3) is 0.333. The summed E-state index contributed by atoms with van der Waals surface area (Å²) in [6.45, 7) is 0.518. The Morgan fingerprint density at radius 2 is 1.70 bits per heavy atom. The largest absolute Gasteiger partial charge is 0.481 e. The van der Waals surface area contributed by atoms with Crippen molar-refractivity contribution < 1.29 is 23.1 Å². The van der Waals surface area contributed by atoms with E-state index in [1.807, 2.05) is 0 Å². The molecule has 1 aliphatic heterocycles. The molecule has 0 aliphatic carbocycles. The summed E-state index contributed by atoms with van der Waals surface area (Å²) < 4.78 is 28.1. The summed E-state index contributed by atoms with van der Waals surface area (Å²) in [5.41, 5.74) is 1.28. The number of hydrogen-bond donors (Lipinski definition) is 2. The molecule has 0 radical (unpaired) electrons. The molecular formula is C21H23ClN2O5S. The van der Waals surface area contributed by atoms with Gasteiger partial charge in [0.05, 0.1) is 11.3 Å². The van der Waals surface area contributed by atoms with E-state index in [1.54, 1.807) is 24.3 Å². The molecule has 30 heavy (non-hydrogen) atoms. The van der Waals surface area contributed by atoms with Gasteiger partial charge in [-0.05, 0) is 54.7 Å². The third-order valence-corrected chi connectivity index (χ3v) is 7.11. The lowest BCUT2D eigenvalue weighted by molar-refractivity contribution is -0.136. The minimum absolute atomic E-state index is 0.00357. The van der Waals surface area contributed by atoms with Crippen LogP contribution in [0.2, 0.25) is 5.02 Å². The normalized spacial score (nSPS) is 17.4. The van der Waals surface area contributed by atoms with Gasteiger partial charge in [0.1, 0.15) is 6.04 Å². The molecule has 1 heterocycles. The van der Waals surface area contributed by atoms with E-state index in [-0.39, 0.29) is 23.8 Å². The number of carboxylic acid groups (broad SMARTS) is 1. The molecule has 0 bridgehead atoms. The van der Waals surface area contributed by atoms with Gasteiger partial charge in [0.2, 0.25) is 15.9 Å². The van der Waals surface area contributed by atoms with Crippen LogP contribution in [0, 0.1) is 0 Å². The maximum atomic E-state index is 13.4. The highest BCUT2D eigenvalue weighted by atomic mass is 35.5. The van der Waals surface area contributed by atoms with Crippen LogP contribution in [-0.4, -0.2) is 42.3 Å². The number of aliphatic carboxylic acids is 1. The third kappa shape index (κ3) is 5.38. The molecule has 1 fully saturated rings. The summed E-state index contributed by atoms with van der Waals surface area (Å²) in [5.74, 6) is -1.25. The topological polar surface area (TPSA) is 104 Å². The maximum absolute atomic E-state index is 13.4. The Morgan fingerprint density at radius 3 is 2.33 bits per heavy atom. The van der Waals surface area contributed by atoms with Crippen LogP contribution < -0.4 is 5.32 Å². The fourth-order valence-electron chi connectivity index (χ4n) is 3.42. The molecule has 160 valence electrons. The van der Waals surface area contributed by atoms with Crippen LogP contribution in [0.4, 0.5) is 0 Å². The highest BCUT2D eigenvalue weighted by Gasteiger charge is 2.36. The Bertz CT molecular complexity index is 1010. The van der Waals surface area contributed by atoms with Crippen molar-refractivity contribution in [3.05, 3.63) is 64.7 Å². The molecule has 7 nitrogen and oxygen atoms in total. The number of sulfonamides is 1. The third-order valence-electron chi connectivity index (χ3n) is 4.99. The molecule has 1 aliphatic rings. The van der Waals surface area contributed by atoms with Gasteiger partial charge in [-0.2, -0.15) is 4.31 Å². The number of carbonyl (C=O) groups is 2. The van der Waals surface area contributed by atoms with E-state index >= 15 is 0 Å². The monoisotopic (exact) mass is 450 g/mol. The quantitative estimate of drug-likeness (QED) is 0.675. The Balaban J connectivity index is 1.95. The second-order valence-electron chi connectivity index (χ2n) is 7.19. The van der Waals surface area contributed by atoms with Gasteiger partial charge >= 0.3 is 5.97 Å². The number of rotatable bonds is 7. The smallest absolute Gasteiger partial charge is 0.307 e. The summed E-state index contributed by atoms with van der Waals surface area (Å²) in [7, 11) is -3.97. The van der Waals surface area contributed by atoms with E-state index in [4.69, 9.17) is 16.7 Å². The van der Waals surface area contributed by atoms with Gasteiger partial charge in [-0.25, -0.2) is 8.42 Å². The van der Waals surface area contributed by atoms with Crippen molar-refractivity contribution in [2.24, 2.45) is 0 Å². The summed E-state index contributed by atoms with van der Waals surface area (Å²) >= 11 is 5.90. The first-order valence-corrected chi connectivity index (χ1v) is 11.4. The molecule has 1 amide bonds. The first-order valence-electron chi connectivity index (χ1n) is 9.62. The van der Waals surface area contributed by atoms with Gasteiger partial charge in [0.25, 0.3) is 0 Å². The Morgan fingerprint density at radius 1 is 1.07 bits per heavy atom. The van der Waals surface area contributed by atoms with Crippen molar-refractivity contribution in [2.45, 2.75) is 43.2 Å². The van der Waals surface area contributed by atoms with Crippen LogP contribution in [-0.2, 0) is 32.6 Å². The van der Waals surface area contributed by atoms with Gasteiger partial charge in [-0.1, -0.05) is 35.9 Å². The first-order chi connectivity index (χ1) is 14.3. The van der Waals surface area contributed by atoms with Crippen LogP contribution >= 0.6 is 11.6 Å². The average Bonchev–Trinajstić information content (AvgIpc) is 2.91. The number of carboxylic acids is 1. The zero-order valence-electron chi connectivity index (χ0n) is 16.3. The molecule has 1 atom stereocenters. The highest BCUT2D eigenvalue weighted by Crippen LogP contribution is 2.26. The molecule has 0 unspecified atom stereocenters. The lowest BCUT2D eigenvalue weighted by atomic mass is 10.1. The number of nitrogens with one attached hydrogen (secondary N) is 1. The molecule has 0 saturated carbocycles. The fourth-order valence-corrected chi connectivity index (χ4v) is 5.15. The van der Waals surface area contributed by atoms with E-state index in [0.717, 1.165) is 12.8 Å². The van der Waals surface area contributed by atoms with Crippen molar-refractivity contribution in [1.29, 1.82) is 0 Å². The maximum Gasteiger partial charge on any atom is 0.307 e. The predicted molar refractivity (Wildman–Crippen MR) is 113 cm³/mol. The standard InChI is InChI=1S/C21H23ClN2O5S/c22-17-8-10-18(11-9-17)30(28,29)24(19-3-1-2-12-23-21(19)27)14-16-6-4-15(5-7-16)13-20(25)26/h4-11,19H,1-3,12-14H2,(H,23,27)(H,25,26)/t19-/m1/s1. The highest BCUT2D eigenvalue weighted by molar-refractivity contribution is 7.89. The molecule has 2 aromatic rings. The van der Waals surface area contributed by atoms with Crippen molar-refractivity contribution in [3.63, 3.8) is 0 Å². The number of carbonyl (C=O) groups excluding carboxylic acids is 1. The van der Waals surface area contributed by atoms with Crippen LogP contribution in [0.5, 0.6) is 0 Å². The molecule has 0 aromatic heterocycles. The van der Waals surface area contributed by atoms with Crippen LogP contribution in [0.3, 0.4) is 0 Å². The molecular weight excluding hydrogens is 428 g/mol. The zero-order valence-corrected chi connectivity index (χ0v) is 17.8. The summed E-state index contributed by atoms with van der Waals surface area (Å²) in [4.78, 5) is 23.6. The van der Waals surface area contributed by atoms with Crippen molar-refractivity contribution in [1.82, 2.24) is 9.62 Å². The molecule has 1 saturated heterocycles. The average molecular weight is 451 g/mol. The van der Waals surface area contributed by atoms with E-state index in [0.29, 0.717) is 29.1 Å². The van der Waals surface area contributed by atoms with Crippen molar-refractivity contribution in [2.75, 3.05) is 6.54 Å². The Hall–Kier alpha value is -2.42. The SMILES string of the molecule is O=C(O)Cc1ccc(CN([C@@H]2CCCCNC2=O)S(=O)(=O)c2ccc(Cl)cc2)cc1. The lowest BCUT2D eigenvalue weighted by Gasteiger charge is -2.29. The number of benzene rings is 2. The zero-order chi connectivity index (χ0) is 21.7. The van der Waals surface area contributed by atoms with Crippen molar-refractivity contribution in [3.8, 4) is 0 Å². The van der Waals surface area contributed by atoms with Gasteiger partial charge in [0.15, 0.2) is 0 Å². The Kier molecular flexibility index (Phi) is 7.12. The molecule has 3 rings (SSSR count). The number of halogens is 1. The molecule has 2 N–H and O–H groups in total. The van der Waals surface area contributed by atoms with E-state index < -0.39 is 22.0 Å². The number of hydrogen-bond acceptors (Lipinski definition) is 4. The summed E-state index contributed by atoms with van der Waals surface area (Å²) in [6, 6.07) is 11.7. The van der Waals surface area contributed by atoms with Gasteiger partial charge in [0, 0.05) is 18.1 Å². The summed E-state index contributed by atoms with van der Waals surface area (Å²) in [6.07, 6.45) is 1.84.